The molecule has 0 fully saturated rings. The van der Waals surface area contributed by atoms with E-state index >= 15 is 0 Å². The third kappa shape index (κ3) is 1.52. The van der Waals surface area contributed by atoms with E-state index in [9.17, 15) is 0 Å². The molecule has 0 bridgehead atoms. The summed E-state index contributed by atoms with van der Waals surface area (Å²) in [6, 6.07) is 6.21. The third-order valence-electron chi connectivity index (χ3n) is 2.88. The van der Waals surface area contributed by atoms with Crippen molar-refractivity contribution in [3.63, 3.8) is 0 Å². The van der Waals surface area contributed by atoms with Gasteiger partial charge in [0.15, 0.2) is 0 Å². The van der Waals surface area contributed by atoms with Gasteiger partial charge in [0, 0.05) is 16.6 Å². The van der Waals surface area contributed by atoms with E-state index in [4.69, 9.17) is 5.73 Å². The SMILES string of the molecule is Cc1cc(C)n2c(N)c(-c3ccsc3)nc2c1. The molecule has 3 rings (SSSR count). The Balaban J connectivity index is 2.36. The summed E-state index contributed by atoms with van der Waals surface area (Å²) in [5, 5.41) is 4.11. The van der Waals surface area contributed by atoms with Gasteiger partial charge in [-0.1, -0.05) is 0 Å². The van der Waals surface area contributed by atoms with Gasteiger partial charge in [0.1, 0.15) is 17.2 Å². The fraction of sp³-hybridized carbons (Fsp3) is 0.154. The van der Waals surface area contributed by atoms with E-state index in [2.05, 4.69) is 36.3 Å². The fourth-order valence-electron chi connectivity index (χ4n) is 2.17. The van der Waals surface area contributed by atoms with Gasteiger partial charge in [-0.3, -0.25) is 4.40 Å². The Morgan fingerprint density at radius 2 is 2.12 bits per heavy atom. The number of nitrogens with two attached hydrogens (primary N) is 1. The predicted molar refractivity (Wildman–Crippen MR) is 72.4 cm³/mol. The normalized spacial score (nSPS) is 11.2. The van der Waals surface area contributed by atoms with Crippen LogP contribution in [0.3, 0.4) is 0 Å². The number of rotatable bonds is 1. The second kappa shape index (κ2) is 3.60. The molecular weight excluding hydrogens is 230 g/mol. The summed E-state index contributed by atoms with van der Waals surface area (Å²) in [6.07, 6.45) is 0. The van der Waals surface area contributed by atoms with Crippen LogP contribution in [0.2, 0.25) is 0 Å². The van der Waals surface area contributed by atoms with Crippen LogP contribution in [-0.4, -0.2) is 9.38 Å². The van der Waals surface area contributed by atoms with Crippen molar-refractivity contribution >= 4 is 22.8 Å². The number of hydrogen-bond donors (Lipinski definition) is 1. The fourth-order valence-corrected chi connectivity index (χ4v) is 2.81. The molecule has 2 N–H and O–H groups in total. The number of pyridine rings is 1. The van der Waals surface area contributed by atoms with Crippen molar-refractivity contribution in [3.05, 3.63) is 40.2 Å². The number of fused-ring (bicyclic) bond motifs is 1. The molecule has 4 heteroatoms. The second-order valence-electron chi connectivity index (χ2n) is 4.23. The van der Waals surface area contributed by atoms with Crippen LogP contribution in [0.4, 0.5) is 5.82 Å². The van der Waals surface area contributed by atoms with Crippen LogP contribution in [0.1, 0.15) is 11.3 Å². The molecule has 0 aromatic carbocycles. The van der Waals surface area contributed by atoms with Crippen molar-refractivity contribution in [3.8, 4) is 11.3 Å². The van der Waals surface area contributed by atoms with E-state index in [0.29, 0.717) is 0 Å². The first-order valence-corrected chi connectivity index (χ1v) is 6.39. The van der Waals surface area contributed by atoms with Gasteiger partial charge in [0.25, 0.3) is 0 Å². The van der Waals surface area contributed by atoms with Crippen LogP contribution in [0.5, 0.6) is 0 Å². The van der Waals surface area contributed by atoms with Crippen LogP contribution >= 0.6 is 11.3 Å². The summed E-state index contributed by atoms with van der Waals surface area (Å²) in [5.74, 6) is 0.718. The first-order valence-electron chi connectivity index (χ1n) is 5.44. The lowest BCUT2D eigenvalue weighted by molar-refractivity contribution is 1.09. The molecule has 0 aliphatic rings. The highest BCUT2D eigenvalue weighted by Gasteiger charge is 2.13. The highest BCUT2D eigenvalue weighted by Crippen LogP contribution is 2.29. The largest absolute Gasteiger partial charge is 0.383 e. The number of nitrogens with zero attached hydrogens (tertiary/aromatic N) is 2. The zero-order valence-corrected chi connectivity index (χ0v) is 10.6. The standard InChI is InChI=1S/C13H13N3S/c1-8-5-9(2)16-11(6-8)15-12(13(16)14)10-3-4-17-7-10/h3-7H,14H2,1-2H3. The minimum atomic E-state index is 0.718. The number of hydrogen-bond acceptors (Lipinski definition) is 3. The van der Waals surface area contributed by atoms with E-state index in [1.807, 2.05) is 15.8 Å². The zero-order valence-electron chi connectivity index (χ0n) is 9.77. The minimum absolute atomic E-state index is 0.718. The monoisotopic (exact) mass is 243 g/mol. The molecular formula is C13H13N3S. The van der Waals surface area contributed by atoms with Gasteiger partial charge in [0.05, 0.1) is 0 Å². The second-order valence-corrected chi connectivity index (χ2v) is 5.01. The van der Waals surface area contributed by atoms with Crippen molar-refractivity contribution < 1.29 is 0 Å². The highest BCUT2D eigenvalue weighted by atomic mass is 32.1. The van der Waals surface area contributed by atoms with Crippen LogP contribution < -0.4 is 5.73 Å². The quantitative estimate of drug-likeness (QED) is 0.713. The third-order valence-corrected chi connectivity index (χ3v) is 3.56. The van der Waals surface area contributed by atoms with Crippen LogP contribution in [0.15, 0.2) is 29.0 Å². The molecule has 0 radical (unpaired) electrons. The molecule has 3 aromatic rings. The lowest BCUT2D eigenvalue weighted by atomic mass is 10.2. The first kappa shape index (κ1) is 10.4. The van der Waals surface area contributed by atoms with Crippen molar-refractivity contribution in [1.82, 2.24) is 9.38 Å². The average molecular weight is 243 g/mol. The number of nitrogen functional groups attached to an aromatic ring is 1. The topological polar surface area (TPSA) is 43.3 Å². The molecule has 3 nitrogen and oxygen atoms in total. The molecule has 86 valence electrons. The van der Waals surface area contributed by atoms with Crippen LogP contribution in [0, 0.1) is 13.8 Å². The van der Waals surface area contributed by atoms with Crippen molar-refractivity contribution in [2.24, 2.45) is 0 Å². The molecule has 17 heavy (non-hydrogen) atoms. The Morgan fingerprint density at radius 1 is 1.29 bits per heavy atom. The lowest BCUT2D eigenvalue weighted by Gasteiger charge is -2.03. The maximum atomic E-state index is 6.19. The van der Waals surface area contributed by atoms with Gasteiger partial charge < -0.3 is 5.73 Å². The molecule has 3 heterocycles. The molecule has 0 amide bonds. The minimum Gasteiger partial charge on any atom is -0.383 e. The van der Waals surface area contributed by atoms with Gasteiger partial charge >= 0.3 is 0 Å². The highest BCUT2D eigenvalue weighted by molar-refractivity contribution is 7.08. The van der Waals surface area contributed by atoms with Gasteiger partial charge in [-0.25, -0.2) is 4.98 Å². The molecule has 0 saturated carbocycles. The van der Waals surface area contributed by atoms with E-state index in [-0.39, 0.29) is 0 Å². The number of aromatic nitrogens is 2. The molecule has 0 aliphatic heterocycles. The number of aryl methyl sites for hydroxylation is 2. The predicted octanol–water partition coefficient (Wildman–Crippen LogP) is 3.26. The van der Waals surface area contributed by atoms with Crippen LogP contribution in [0.25, 0.3) is 16.9 Å². The van der Waals surface area contributed by atoms with Crippen molar-refractivity contribution in [2.75, 3.05) is 5.73 Å². The summed E-state index contributed by atoms with van der Waals surface area (Å²) in [7, 11) is 0. The molecule has 0 saturated heterocycles. The molecule has 3 aromatic heterocycles. The van der Waals surface area contributed by atoms with Crippen LogP contribution in [-0.2, 0) is 0 Å². The van der Waals surface area contributed by atoms with E-state index in [1.165, 1.54) is 5.56 Å². The number of anilines is 1. The Labute approximate surface area is 104 Å². The van der Waals surface area contributed by atoms with Gasteiger partial charge in [-0.2, -0.15) is 11.3 Å². The lowest BCUT2D eigenvalue weighted by Crippen LogP contribution is -1.98. The average Bonchev–Trinajstić information content (AvgIpc) is 2.85. The summed E-state index contributed by atoms with van der Waals surface area (Å²) in [4.78, 5) is 4.62. The van der Waals surface area contributed by atoms with E-state index in [1.54, 1.807) is 11.3 Å². The Morgan fingerprint density at radius 3 is 2.82 bits per heavy atom. The van der Waals surface area contributed by atoms with Gasteiger partial charge in [-0.15, -0.1) is 0 Å². The van der Waals surface area contributed by atoms with E-state index < -0.39 is 0 Å². The molecule has 0 spiro atoms. The number of thiophene rings is 1. The smallest absolute Gasteiger partial charge is 0.139 e. The molecule has 0 atom stereocenters. The molecule has 0 aliphatic carbocycles. The van der Waals surface area contributed by atoms with E-state index in [0.717, 1.165) is 28.4 Å². The van der Waals surface area contributed by atoms with Crippen molar-refractivity contribution in [2.45, 2.75) is 13.8 Å². The Bertz CT molecular complexity index is 680. The summed E-state index contributed by atoms with van der Waals surface area (Å²) >= 11 is 1.66. The maximum absolute atomic E-state index is 6.19. The summed E-state index contributed by atoms with van der Waals surface area (Å²) in [5.41, 5.74) is 11.4. The Kier molecular flexibility index (Phi) is 2.19. The van der Waals surface area contributed by atoms with Crippen molar-refractivity contribution in [1.29, 1.82) is 0 Å². The maximum Gasteiger partial charge on any atom is 0.139 e. The zero-order chi connectivity index (χ0) is 12.0. The van der Waals surface area contributed by atoms with Gasteiger partial charge in [-0.05, 0) is 43.0 Å². The van der Waals surface area contributed by atoms with Gasteiger partial charge in [0.2, 0.25) is 0 Å². The summed E-state index contributed by atoms with van der Waals surface area (Å²) < 4.78 is 2.00. The molecule has 0 unspecified atom stereocenters. The first-order chi connectivity index (χ1) is 8.16. The number of imidazole rings is 1. The Hall–Kier alpha value is -1.81. The summed E-state index contributed by atoms with van der Waals surface area (Å²) in [6.45, 7) is 4.12.